The first-order chi connectivity index (χ1) is 15.2. The first-order valence-corrected chi connectivity index (χ1v) is 9.92. The van der Waals surface area contributed by atoms with Crippen LogP contribution in [0.4, 0.5) is 5.69 Å². The molecule has 0 saturated heterocycles. The number of carbonyl (C=O) groups is 2. The highest BCUT2D eigenvalue weighted by molar-refractivity contribution is 6.01. The van der Waals surface area contributed by atoms with E-state index in [1.807, 2.05) is 60.7 Å². The molecule has 3 aromatic rings. The molecule has 6 heteroatoms. The molecule has 0 fully saturated rings. The summed E-state index contributed by atoms with van der Waals surface area (Å²) in [5.74, 6) is -0.296. The minimum absolute atomic E-state index is 0.0140. The second-order valence-electron chi connectivity index (χ2n) is 6.54. The Hall–Kier alpha value is -4.06. The van der Waals surface area contributed by atoms with Crippen molar-refractivity contribution in [2.75, 3.05) is 11.9 Å². The van der Waals surface area contributed by atoms with E-state index in [1.165, 1.54) is 6.20 Å². The third kappa shape index (κ3) is 6.75. The maximum absolute atomic E-state index is 12.4. The summed E-state index contributed by atoms with van der Waals surface area (Å²) in [5, 5.41) is 5.61. The van der Waals surface area contributed by atoms with Gasteiger partial charge in [-0.1, -0.05) is 48.5 Å². The highest BCUT2D eigenvalue weighted by atomic mass is 16.5. The Kier molecular flexibility index (Phi) is 7.83. The fraction of sp³-hybridized carbons (Fsp3) is 0.120. The number of amides is 1. The molecule has 0 aliphatic carbocycles. The van der Waals surface area contributed by atoms with Crippen LogP contribution in [0.3, 0.4) is 0 Å². The largest absolute Gasteiger partial charge is 0.489 e. The molecule has 0 radical (unpaired) electrons. The van der Waals surface area contributed by atoms with Gasteiger partial charge in [-0.15, -0.1) is 0 Å². The topological polar surface area (TPSA) is 76.7 Å². The van der Waals surface area contributed by atoms with Crippen LogP contribution in [0.5, 0.6) is 5.75 Å². The van der Waals surface area contributed by atoms with Gasteiger partial charge in [0.05, 0.1) is 6.61 Å². The van der Waals surface area contributed by atoms with Gasteiger partial charge in [0.25, 0.3) is 5.91 Å². The van der Waals surface area contributed by atoms with Gasteiger partial charge in [0.15, 0.2) is 0 Å². The standard InChI is InChI=1S/C25H24N2O4/c1-2-30-25(29)23(27-24(28)20-11-7-4-8-12-20)17-26-21-13-15-22(16-14-21)31-18-19-9-5-3-6-10-19/h3-17,26H,2,18H2,1H3,(H,27,28)/b23-17-. The van der Waals surface area contributed by atoms with Crippen LogP contribution in [0.15, 0.2) is 96.8 Å². The van der Waals surface area contributed by atoms with Crippen molar-refractivity contribution in [3.8, 4) is 5.75 Å². The van der Waals surface area contributed by atoms with Crippen molar-refractivity contribution in [3.63, 3.8) is 0 Å². The molecule has 0 unspecified atom stereocenters. The number of hydrogen-bond acceptors (Lipinski definition) is 5. The predicted octanol–water partition coefficient (Wildman–Crippen LogP) is 4.51. The highest BCUT2D eigenvalue weighted by Gasteiger charge is 2.15. The summed E-state index contributed by atoms with van der Waals surface area (Å²) in [7, 11) is 0. The van der Waals surface area contributed by atoms with E-state index in [1.54, 1.807) is 31.2 Å². The number of carbonyl (C=O) groups excluding carboxylic acids is 2. The molecule has 31 heavy (non-hydrogen) atoms. The average Bonchev–Trinajstić information content (AvgIpc) is 2.82. The van der Waals surface area contributed by atoms with E-state index in [0.29, 0.717) is 12.2 Å². The zero-order valence-corrected chi connectivity index (χ0v) is 17.2. The Morgan fingerprint density at radius 2 is 1.52 bits per heavy atom. The summed E-state index contributed by atoms with van der Waals surface area (Å²) in [6.07, 6.45) is 1.42. The van der Waals surface area contributed by atoms with Crippen LogP contribution in [0.1, 0.15) is 22.8 Å². The second kappa shape index (κ2) is 11.2. The summed E-state index contributed by atoms with van der Waals surface area (Å²) in [6, 6.07) is 25.8. The fourth-order valence-electron chi connectivity index (χ4n) is 2.68. The molecule has 0 heterocycles. The van der Waals surface area contributed by atoms with Gasteiger partial charge in [0, 0.05) is 17.5 Å². The summed E-state index contributed by atoms with van der Waals surface area (Å²) in [5.41, 5.74) is 2.27. The molecular formula is C25H24N2O4. The van der Waals surface area contributed by atoms with Gasteiger partial charge in [-0.05, 0) is 48.9 Å². The monoisotopic (exact) mass is 416 g/mol. The number of anilines is 1. The van der Waals surface area contributed by atoms with Crippen molar-refractivity contribution in [1.82, 2.24) is 5.32 Å². The van der Waals surface area contributed by atoms with Gasteiger partial charge in [-0.25, -0.2) is 4.79 Å². The molecule has 3 aromatic carbocycles. The molecule has 3 rings (SSSR count). The Balaban J connectivity index is 1.63. The van der Waals surface area contributed by atoms with Gasteiger partial charge in [0.2, 0.25) is 0 Å². The minimum Gasteiger partial charge on any atom is -0.489 e. The van der Waals surface area contributed by atoms with Crippen molar-refractivity contribution >= 4 is 17.6 Å². The van der Waals surface area contributed by atoms with Crippen LogP contribution in [0.2, 0.25) is 0 Å². The van der Waals surface area contributed by atoms with E-state index in [0.717, 1.165) is 17.0 Å². The first-order valence-electron chi connectivity index (χ1n) is 9.92. The first kappa shape index (κ1) is 21.6. The molecule has 158 valence electrons. The highest BCUT2D eigenvalue weighted by Crippen LogP contribution is 2.17. The van der Waals surface area contributed by atoms with Crippen molar-refractivity contribution in [2.24, 2.45) is 0 Å². The van der Waals surface area contributed by atoms with Gasteiger partial charge < -0.3 is 20.1 Å². The van der Waals surface area contributed by atoms with E-state index in [4.69, 9.17) is 9.47 Å². The average molecular weight is 416 g/mol. The van der Waals surface area contributed by atoms with E-state index in [9.17, 15) is 9.59 Å². The molecule has 6 nitrogen and oxygen atoms in total. The van der Waals surface area contributed by atoms with Crippen LogP contribution >= 0.6 is 0 Å². The SMILES string of the molecule is CCOC(=O)/C(=C/Nc1ccc(OCc2ccccc2)cc1)NC(=O)c1ccccc1. The van der Waals surface area contributed by atoms with E-state index in [2.05, 4.69) is 10.6 Å². The Bertz CT molecular complexity index is 1020. The zero-order valence-electron chi connectivity index (χ0n) is 17.2. The third-order valence-corrected chi connectivity index (χ3v) is 4.27. The van der Waals surface area contributed by atoms with Gasteiger partial charge in [-0.3, -0.25) is 4.79 Å². The number of ether oxygens (including phenoxy) is 2. The Labute approximate surface area is 181 Å². The van der Waals surface area contributed by atoms with Crippen LogP contribution in [-0.4, -0.2) is 18.5 Å². The van der Waals surface area contributed by atoms with Crippen molar-refractivity contribution in [1.29, 1.82) is 0 Å². The van der Waals surface area contributed by atoms with Crippen LogP contribution in [0, 0.1) is 0 Å². The lowest BCUT2D eigenvalue weighted by molar-refractivity contribution is -0.138. The molecule has 0 aromatic heterocycles. The summed E-state index contributed by atoms with van der Waals surface area (Å²) < 4.78 is 10.8. The van der Waals surface area contributed by atoms with Crippen LogP contribution in [0.25, 0.3) is 0 Å². The molecule has 0 aliphatic rings. The van der Waals surface area contributed by atoms with E-state index in [-0.39, 0.29) is 12.3 Å². The van der Waals surface area contributed by atoms with Gasteiger partial charge in [-0.2, -0.15) is 0 Å². The quantitative estimate of drug-likeness (QED) is 0.396. The van der Waals surface area contributed by atoms with E-state index >= 15 is 0 Å². The summed E-state index contributed by atoms with van der Waals surface area (Å²) in [6.45, 7) is 2.38. The summed E-state index contributed by atoms with van der Waals surface area (Å²) >= 11 is 0. The molecule has 0 bridgehead atoms. The summed E-state index contributed by atoms with van der Waals surface area (Å²) in [4.78, 5) is 24.6. The smallest absolute Gasteiger partial charge is 0.356 e. The van der Waals surface area contributed by atoms with E-state index < -0.39 is 11.9 Å². The van der Waals surface area contributed by atoms with Crippen LogP contribution < -0.4 is 15.4 Å². The molecule has 0 saturated carbocycles. The lowest BCUT2D eigenvalue weighted by Crippen LogP contribution is -2.29. The molecule has 0 aliphatic heterocycles. The minimum atomic E-state index is -0.623. The number of esters is 1. The van der Waals surface area contributed by atoms with Crippen molar-refractivity contribution in [3.05, 3.63) is 108 Å². The second-order valence-corrected chi connectivity index (χ2v) is 6.54. The maximum atomic E-state index is 12.4. The number of nitrogens with one attached hydrogen (secondary N) is 2. The third-order valence-electron chi connectivity index (χ3n) is 4.27. The molecule has 2 N–H and O–H groups in total. The van der Waals surface area contributed by atoms with Crippen LogP contribution in [-0.2, 0) is 16.1 Å². The maximum Gasteiger partial charge on any atom is 0.356 e. The number of hydrogen-bond donors (Lipinski definition) is 2. The Morgan fingerprint density at radius 3 is 2.16 bits per heavy atom. The van der Waals surface area contributed by atoms with Gasteiger partial charge >= 0.3 is 5.97 Å². The van der Waals surface area contributed by atoms with Crippen molar-refractivity contribution in [2.45, 2.75) is 13.5 Å². The predicted molar refractivity (Wildman–Crippen MR) is 119 cm³/mol. The molecule has 0 atom stereocenters. The molecule has 1 amide bonds. The normalized spacial score (nSPS) is 10.8. The Morgan fingerprint density at radius 1 is 0.871 bits per heavy atom. The number of rotatable bonds is 9. The van der Waals surface area contributed by atoms with Crippen molar-refractivity contribution < 1.29 is 19.1 Å². The van der Waals surface area contributed by atoms with Gasteiger partial charge in [0.1, 0.15) is 18.1 Å². The number of benzene rings is 3. The lowest BCUT2D eigenvalue weighted by atomic mass is 10.2. The molecule has 0 spiro atoms. The fourth-order valence-corrected chi connectivity index (χ4v) is 2.68. The lowest BCUT2D eigenvalue weighted by Gasteiger charge is -2.11. The zero-order chi connectivity index (χ0) is 21.9. The molecular weight excluding hydrogens is 392 g/mol.